The minimum Gasteiger partial charge on any atom is -0.463 e. The Morgan fingerprint density at radius 1 is 1.06 bits per heavy atom. The predicted molar refractivity (Wildman–Crippen MR) is 121 cm³/mol. The predicted octanol–water partition coefficient (Wildman–Crippen LogP) is 4.70. The molecule has 0 fully saturated rings. The number of carbonyl (C=O) groups is 2. The van der Waals surface area contributed by atoms with Gasteiger partial charge in [-0.1, -0.05) is 67.2 Å². The molecule has 0 aliphatic carbocycles. The lowest BCUT2D eigenvalue weighted by atomic mass is 9.62. The summed E-state index contributed by atoms with van der Waals surface area (Å²) in [6, 6.07) is 21.8. The molecule has 0 unspecified atom stereocenters. The zero-order valence-corrected chi connectivity index (χ0v) is 17.9. The molecular weight excluding hydrogens is 422 g/mol. The minimum absolute atomic E-state index is 0.0446. The van der Waals surface area contributed by atoms with Crippen LogP contribution < -0.4 is 4.74 Å². The van der Waals surface area contributed by atoms with Crippen molar-refractivity contribution >= 4 is 17.6 Å². The van der Waals surface area contributed by atoms with Crippen molar-refractivity contribution in [1.29, 1.82) is 0 Å². The second-order valence-electron chi connectivity index (χ2n) is 7.59. The molecule has 2 atom stereocenters. The van der Waals surface area contributed by atoms with Crippen LogP contribution in [0.4, 0.5) is 5.69 Å². The van der Waals surface area contributed by atoms with E-state index in [0.717, 1.165) is 0 Å². The van der Waals surface area contributed by atoms with Gasteiger partial charge in [0.15, 0.2) is 0 Å². The SMILES string of the molecule is C=C(C(=O)OCC)[C@@H](c1ccc([N+](=O)[O-])cc1)[C@@]1(c2ccccc2)C(=O)Oc2ccccc21. The topological polar surface area (TPSA) is 95.7 Å². The van der Waals surface area contributed by atoms with Gasteiger partial charge in [-0.2, -0.15) is 0 Å². The van der Waals surface area contributed by atoms with E-state index in [9.17, 15) is 19.7 Å². The van der Waals surface area contributed by atoms with E-state index < -0.39 is 28.2 Å². The molecular formula is C26H21NO6. The lowest BCUT2D eigenvalue weighted by Crippen LogP contribution is -2.43. The highest BCUT2D eigenvalue weighted by Crippen LogP contribution is 2.55. The Balaban J connectivity index is 2.03. The lowest BCUT2D eigenvalue weighted by molar-refractivity contribution is -0.384. The van der Waals surface area contributed by atoms with Gasteiger partial charge in [0.25, 0.3) is 5.69 Å². The maximum Gasteiger partial charge on any atom is 0.334 e. The van der Waals surface area contributed by atoms with E-state index >= 15 is 0 Å². The van der Waals surface area contributed by atoms with Crippen LogP contribution in [-0.4, -0.2) is 23.5 Å². The summed E-state index contributed by atoms with van der Waals surface area (Å²) in [5, 5.41) is 11.2. The second kappa shape index (κ2) is 8.70. The van der Waals surface area contributed by atoms with Crippen LogP contribution in [-0.2, 0) is 19.7 Å². The van der Waals surface area contributed by atoms with Gasteiger partial charge < -0.3 is 9.47 Å². The lowest BCUT2D eigenvalue weighted by Gasteiger charge is -2.36. The number of hydrogen-bond donors (Lipinski definition) is 0. The Morgan fingerprint density at radius 3 is 2.33 bits per heavy atom. The van der Waals surface area contributed by atoms with Crippen LogP contribution >= 0.6 is 0 Å². The first-order chi connectivity index (χ1) is 15.9. The monoisotopic (exact) mass is 443 g/mol. The van der Waals surface area contributed by atoms with Gasteiger partial charge in [0.1, 0.15) is 11.2 Å². The molecule has 1 aliphatic heterocycles. The molecule has 0 radical (unpaired) electrons. The fraction of sp³-hybridized carbons (Fsp3) is 0.154. The molecule has 0 spiro atoms. The number of nitro benzene ring substituents is 1. The van der Waals surface area contributed by atoms with Gasteiger partial charge in [0, 0.05) is 29.2 Å². The third-order valence-electron chi connectivity index (χ3n) is 5.82. The van der Waals surface area contributed by atoms with Crippen molar-refractivity contribution in [3.05, 3.63) is 118 Å². The van der Waals surface area contributed by atoms with Crippen molar-refractivity contribution in [2.24, 2.45) is 0 Å². The Bertz CT molecular complexity index is 1240. The molecule has 0 N–H and O–H groups in total. The molecule has 166 valence electrons. The van der Waals surface area contributed by atoms with E-state index in [1.165, 1.54) is 24.3 Å². The fourth-order valence-electron chi connectivity index (χ4n) is 4.43. The summed E-state index contributed by atoms with van der Waals surface area (Å²) in [7, 11) is 0. The van der Waals surface area contributed by atoms with Gasteiger partial charge in [-0.15, -0.1) is 0 Å². The Labute approximate surface area is 190 Å². The number of non-ortho nitro benzene ring substituents is 1. The molecule has 7 heteroatoms. The number of ether oxygens (including phenoxy) is 2. The van der Waals surface area contributed by atoms with E-state index in [0.29, 0.717) is 22.4 Å². The summed E-state index contributed by atoms with van der Waals surface area (Å²) in [4.78, 5) is 37.3. The number of benzene rings is 3. The van der Waals surface area contributed by atoms with Crippen molar-refractivity contribution in [3.8, 4) is 5.75 Å². The first-order valence-corrected chi connectivity index (χ1v) is 10.4. The van der Waals surface area contributed by atoms with Crippen molar-refractivity contribution in [2.75, 3.05) is 6.61 Å². The molecule has 0 saturated heterocycles. The summed E-state index contributed by atoms with van der Waals surface area (Å²) in [6.45, 7) is 5.82. The van der Waals surface area contributed by atoms with E-state index in [1.807, 2.05) is 6.07 Å². The molecule has 3 aromatic carbocycles. The molecule has 1 aliphatic rings. The number of carbonyl (C=O) groups excluding carboxylic acids is 2. The third-order valence-corrected chi connectivity index (χ3v) is 5.82. The van der Waals surface area contributed by atoms with Crippen LogP contribution in [0.1, 0.15) is 29.5 Å². The largest absolute Gasteiger partial charge is 0.463 e. The van der Waals surface area contributed by atoms with Crippen LogP contribution in [0.2, 0.25) is 0 Å². The number of hydrogen-bond acceptors (Lipinski definition) is 6. The first-order valence-electron chi connectivity index (χ1n) is 10.4. The van der Waals surface area contributed by atoms with E-state index in [-0.39, 0.29) is 17.9 Å². The fourth-order valence-corrected chi connectivity index (χ4v) is 4.43. The summed E-state index contributed by atoms with van der Waals surface area (Å²) in [5.74, 6) is -1.78. The van der Waals surface area contributed by atoms with Crippen LogP contribution in [0, 0.1) is 10.1 Å². The van der Waals surface area contributed by atoms with Crippen molar-refractivity contribution < 1.29 is 24.0 Å². The van der Waals surface area contributed by atoms with E-state index in [1.54, 1.807) is 55.5 Å². The number of para-hydroxylation sites is 1. The number of esters is 2. The van der Waals surface area contributed by atoms with Gasteiger partial charge in [0.2, 0.25) is 0 Å². The zero-order valence-electron chi connectivity index (χ0n) is 17.9. The molecule has 0 aromatic heterocycles. The highest BCUT2D eigenvalue weighted by Gasteiger charge is 2.57. The normalized spacial score (nSPS) is 17.5. The summed E-state index contributed by atoms with van der Waals surface area (Å²) in [6.07, 6.45) is 0. The van der Waals surface area contributed by atoms with Crippen LogP contribution in [0.3, 0.4) is 0 Å². The van der Waals surface area contributed by atoms with Gasteiger partial charge in [-0.3, -0.25) is 14.9 Å². The van der Waals surface area contributed by atoms with E-state index in [2.05, 4.69) is 6.58 Å². The molecule has 1 heterocycles. The van der Waals surface area contributed by atoms with Gasteiger partial charge >= 0.3 is 11.9 Å². The molecule has 7 nitrogen and oxygen atoms in total. The summed E-state index contributed by atoms with van der Waals surface area (Å²) in [5.41, 5.74) is 0.170. The van der Waals surface area contributed by atoms with E-state index in [4.69, 9.17) is 9.47 Å². The Morgan fingerprint density at radius 2 is 1.70 bits per heavy atom. The highest BCUT2D eigenvalue weighted by atomic mass is 16.6. The molecule has 4 rings (SSSR count). The molecule has 33 heavy (non-hydrogen) atoms. The number of rotatable bonds is 7. The Hall–Kier alpha value is -4.26. The molecule has 0 amide bonds. The maximum absolute atomic E-state index is 13.7. The van der Waals surface area contributed by atoms with Crippen molar-refractivity contribution in [3.63, 3.8) is 0 Å². The Kier molecular flexibility index (Phi) is 5.79. The van der Waals surface area contributed by atoms with Gasteiger partial charge in [0.05, 0.1) is 11.5 Å². The summed E-state index contributed by atoms with van der Waals surface area (Å²) < 4.78 is 10.9. The van der Waals surface area contributed by atoms with Crippen LogP contribution in [0.5, 0.6) is 5.75 Å². The zero-order chi connectivity index (χ0) is 23.6. The number of nitro groups is 1. The average Bonchev–Trinajstić information content (AvgIpc) is 3.12. The van der Waals surface area contributed by atoms with Crippen LogP contribution in [0.25, 0.3) is 0 Å². The smallest absolute Gasteiger partial charge is 0.334 e. The standard InChI is InChI=1S/C26H21NO6/c1-3-32-24(28)17(2)23(18-13-15-20(16-14-18)27(30)31)26(19-9-5-4-6-10-19)21-11-7-8-12-22(21)33-25(26)29/h4-16,23H,2-3H2,1H3/t23-,26-/m0/s1. The third kappa shape index (κ3) is 3.57. The molecule has 0 saturated carbocycles. The molecule has 0 bridgehead atoms. The average molecular weight is 443 g/mol. The highest BCUT2D eigenvalue weighted by molar-refractivity contribution is 6.00. The van der Waals surface area contributed by atoms with Gasteiger partial charge in [-0.05, 0) is 24.1 Å². The molecule has 3 aromatic rings. The van der Waals surface area contributed by atoms with Gasteiger partial charge in [-0.25, -0.2) is 4.79 Å². The van der Waals surface area contributed by atoms with Crippen molar-refractivity contribution in [2.45, 2.75) is 18.3 Å². The number of nitrogens with zero attached hydrogens (tertiary/aromatic N) is 1. The quantitative estimate of drug-likeness (QED) is 0.173. The maximum atomic E-state index is 13.7. The summed E-state index contributed by atoms with van der Waals surface area (Å²) >= 11 is 0. The van der Waals surface area contributed by atoms with Crippen molar-refractivity contribution in [1.82, 2.24) is 0 Å². The number of fused-ring (bicyclic) bond motifs is 1. The van der Waals surface area contributed by atoms with Crippen LogP contribution in [0.15, 0.2) is 91.0 Å². The second-order valence-corrected chi connectivity index (χ2v) is 7.59. The minimum atomic E-state index is -1.45. The first kappa shape index (κ1) is 22.0.